The number of fused-ring (bicyclic) bond motifs is 1. The van der Waals surface area contributed by atoms with Gasteiger partial charge in [-0.1, -0.05) is 6.07 Å². The summed E-state index contributed by atoms with van der Waals surface area (Å²) in [6.45, 7) is 1.10. The molecule has 0 spiro atoms. The third-order valence-corrected chi connectivity index (χ3v) is 2.22. The Hall–Kier alpha value is -1.46. The predicted molar refractivity (Wildman–Crippen MR) is 56.5 cm³/mol. The Morgan fingerprint density at radius 1 is 1.47 bits per heavy atom. The highest BCUT2D eigenvalue weighted by molar-refractivity contribution is 5.38. The van der Waals surface area contributed by atoms with Gasteiger partial charge in [-0.3, -0.25) is 0 Å². The smallest absolute Gasteiger partial charge is 0.155 e. The van der Waals surface area contributed by atoms with Crippen molar-refractivity contribution >= 4 is 5.65 Å². The van der Waals surface area contributed by atoms with Crippen LogP contribution >= 0.6 is 0 Å². The molecular formula is C10H14N4O. The van der Waals surface area contributed by atoms with E-state index in [4.69, 9.17) is 10.5 Å². The average Bonchev–Trinajstić information content (AvgIpc) is 2.68. The van der Waals surface area contributed by atoms with Gasteiger partial charge in [0.15, 0.2) is 11.5 Å². The van der Waals surface area contributed by atoms with Crippen molar-refractivity contribution in [3.63, 3.8) is 0 Å². The molecule has 0 aromatic carbocycles. The lowest BCUT2D eigenvalue weighted by Gasteiger charge is -1.98. The summed E-state index contributed by atoms with van der Waals surface area (Å²) in [5.74, 6) is 0.790. The van der Waals surface area contributed by atoms with Gasteiger partial charge in [0.25, 0.3) is 0 Å². The molecule has 80 valence electrons. The fourth-order valence-corrected chi connectivity index (χ4v) is 1.46. The third-order valence-electron chi connectivity index (χ3n) is 2.22. The van der Waals surface area contributed by atoms with Gasteiger partial charge >= 0.3 is 0 Å². The molecule has 0 bridgehead atoms. The third kappa shape index (κ3) is 1.98. The maximum absolute atomic E-state index is 5.61. The van der Waals surface area contributed by atoms with Crippen molar-refractivity contribution in [2.45, 2.75) is 13.0 Å². The highest BCUT2D eigenvalue weighted by Gasteiger charge is 2.05. The van der Waals surface area contributed by atoms with Crippen LogP contribution in [0.5, 0.6) is 0 Å². The monoisotopic (exact) mass is 206 g/mol. The molecule has 0 amide bonds. The topological polar surface area (TPSA) is 65.4 Å². The summed E-state index contributed by atoms with van der Waals surface area (Å²) in [6, 6.07) is 5.80. The summed E-state index contributed by atoms with van der Waals surface area (Å²) in [6.07, 6.45) is 0.724. The molecule has 0 radical (unpaired) electrons. The lowest BCUT2D eigenvalue weighted by molar-refractivity contribution is 0.200. The Labute approximate surface area is 87.9 Å². The van der Waals surface area contributed by atoms with Gasteiger partial charge in [0, 0.05) is 20.1 Å². The van der Waals surface area contributed by atoms with Gasteiger partial charge in [0.05, 0.1) is 12.3 Å². The van der Waals surface area contributed by atoms with E-state index >= 15 is 0 Å². The van der Waals surface area contributed by atoms with Crippen LogP contribution in [0, 0.1) is 0 Å². The minimum absolute atomic E-state index is 0.463. The van der Waals surface area contributed by atoms with Crippen molar-refractivity contribution in [2.24, 2.45) is 5.73 Å². The number of pyridine rings is 1. The molecule has 2 aromatic rings. The van der Waals surface area contributed by atoms with E-state index in [1.807, 2.05) is 18.2 Å². The number of aromatic nitrogens is 3. The number of nitrogens with zero attached hydrogens (tertiary/aromatic N) is 3. The highest BCUT2D eigenvalue weighted by Crippen LogP contribution is 2.05. The second-order valence-corrected chi connectivity index (χ2v) is 3.26. The van der Waals surface area contributed by atoms with Crippen molar-refractivity contribution in [1.29, 1.82) is 0 Å². The minimum atomic E-state index is 0.463. The highest BCUT2D eigenvalue weighted by atomic mass is 16.5. The first-order valence-electron chi connectivity index (χ1n) is 4.87. The van der Waals surface area contributed by atoms with Gasteiger partial charge in [0.2, 0.25) is 0 Å². The molecule has 0 aliphatic heterocycles. The van der Waals surface area contributed by atoms with E-state index in [0.29, 0.717) is 13.2 Å². The molecule has 0 saturated heterocycles. The van der Waals surface area contributed by atoms with Crippen LogP contribution in [0.4, 0.5) is 0 Å². The second kappa shape index (κ2) is 4.37. The molecule has 0 aliphatic rings. The summed E-state index contributed by atoms with van der Waals surface area (Å²) >= 11 is 0. The Kier molecular flexibility index (Phi) is 2.94. The summed E-state index contributed by atoms with van der Waals surface area (Å²) < 4.78 is 6.77. The largest absolute Gasteiger partial charge is 0.384 e. The number of methoxy groups -OCH3 is 1. The van der Waals surface area contributed by atoms with Crippen molar-refractivity contribution in [3.8, 4) is 0 Å². The van der Waals surface area contributed by atoms with Crippen molar-refractivity contribution in [2.75, 3.05) is 13.7 Å². The van der Waals surface area contributed by atoms with Gasteiger partial charge in [0.1, 0.15) is 0 Å². The minimum Gasteiger partial charge on any atom is -0.384 e. The van der Waals surface area contributed by atoms with Gasteiger partial charge < -0.3 is 10.5 Å². The summed E-state index contributed by atoms with van der Waals surface area (Å²) in [5.41, 5.74) is 7.41. The fourth-order valence-electron chi connectivity index (χ4n) is 1.46. The molecule has 2 N–H and O–H groups in total. The summed E-state index contributed by atoms with van der Waals surface area (Å²) in [4.78, 5) is 4.38. The predicted octanol–water partition coefficient (Wildman–Crippen LogP) is 0.377. The van der Waals surface area contributed by atoms with E-state index in [2.05, 4.69) is 10.1 Å². The molecule has 0 atom stereocenters. The van der Waals surface area contributed by atoms with Crippen LogP contribution in [-0.4, -0.2) is 28.3 Å². The molecule has 0 fully saturated rings. The van der Waals surface area contributed by atoms with Crippen LogP contribution in [-0.2, 0) is 17.7 Å². The molecular weight excluding hydrogens is 192 g/mol. The van der Waals surface area contributed by atoms with Crippen molar-refractivity contribution in [1.82, 2.24) is 14.6 Å². The normalized spacial score (nSPS) is 11.1. The van der Waals surface area contributed by atoms with E-state index in [1.165, 1.54) is 0 Å². The molecule has 2 aromatic heterocycles. The number of rotatable bonds is 4. The van der Waals surface area contributed by atoms with Crippen LogP contribution in [0.3, 0.4) is 0 Å². The van der Waals surface area contributed by atoms with Gasteiger partial charge in [-0.05, 0) is 12.1 Å². The molecule has 15 heavy (non-hydrogen) atoms. The average molecular weight is 206 g/mol. The zero-order chi connectivity index (χ0) is 10.7. The quantitative estimate of drug-likeness (QED) is 0.785. The molecule has 2 heterocycles. The van der Waals surface area contributed by atoms with E-state index in [9.17, 15) is 0 Å². The van der Waals surface area contributed by atoms with E-state index in [-0.39, 0.29) is 0 Å². The lowest BCUT2D eigenvalue weighted by Crippen LogP contribution is -2.05. The maximum atomic E-state index is 5.61. The second-order valence-electron chi connectivity index (χ2n) is 3.26. The van der Waals surface area contributed by atoms with E-state index < -0.39 is 0 Å². The van der Waals surface area contributed by atoms with E-state index in [1.54, 1.807) is 11.6 Å². The van der Waals surface area contributed by atoms with E-state index in [0.717, 1.165) is 23.6 Å². The number of hydrogen-bond donors (Lipinski definition) is 1. The first-order chi connectivity index (χ1) is 7.35. The number of hydrogen-bond acceptors (Lipinski definition) is 4. The fraction of sp³-hybridized carbons (Fsp3) is 0.400. The molecule has 5 nitrogen and oxygen atoms in total. The van der Waals surface area contributed by atoms with Crippen LogP contribution < -0.4 is 5.73 Å². The standard InChI is InChI=1S/C10H14N4O/c1-15-6-5-9-12-10-4-2-3-8(7-11)14(10)13-9/h2-4H,5-7,11H2,1H3. The Balaban J connectivity index is 2.37. The first-order valence-corrected chi connectivity index (χ1v) is 4.87. The summed E-state index contributed by atoms with van der Waals surface area (Å²) in [7, 11) is 1.67. The Bertz CT molecular complexity index is 452. The first kappa shape index (κ1) is 10.1. The van der Waals surface area contributed by atoms with Gasteiger partial charge in [-0.25, -0.2) is 9.50 Å². The molecule has 2 rings (SSSR count). The number of ether oxygens (including phenoxy) is 1. The van der Waals surface area contributed by atoms with Gasteiger partial charge in [-0.2, -0.15) is 5.10 Å². The summed E-state index contributed by atoms with van der Waals surface area (Å²) in [5, 5.41) is 4.37. The van der Waals surface area contributed by atoms with Crippen LogP contribution in [0.25, 0.3) is 5.65 Å². The van der Waals surface area contributed by atoms with Gasteiger partial charge in [-0.15, -0.1) is 0 Å². The lowest BCUT2D eigenvalue weighted by atomic mass is 10.3. The number of nitrogens with two attached hydrogens (primary N) is 1. The van der Waals surface area contributed by atoms with Crippen LogP contribution in [0.1, 0.15) is 11.5 Å². The Morgan fingerprint density at radius 3 is 3.07 bits per heavy atom. The molecule has 5 heteroatoms. The van der Waals surface area contributed by atoms with Crippen LogP contribution in [0.2, 0.25) is 0 Å². The van der Waals surface area contributed by atoms with Crippen LogP contribution in [0.15, 0.2) is 18.2 Å². The SMILES string of the molecule is COCCc1nc2cccc(CN)n2n1. The molecule has 0 aliphatic carbocycles. The van der Waals surface area contributed by atoms with Crippen molar-refractivity contribution in [3.05, 3.63) is 29.7 Å². The molecule has 0 saturated carbocycles. The zero-order valence-corrected chi connectivity index (χ0v) is 8.68. The Morgan fingerprint density at radius 2 is 2.33 bits per heavy atom. The van der Waals surface area contributed by atoms with Crippen molar-refractivity contribution < 1.29 is 4.74 Å². The maximum Gasteiger partial charge on any atom is 0.155 e. The molecule has 0 unspecified atom stereocenters. The zero-order valence-electron chi connectivity index (χ0n) is 8.68.